The van der Waals surface area contributed by atoms with Gasteiger partial charge < -0.3 is 4.74 Å². The number of rotatable bonds is 8. The van der Waals surface area contributed by atoms with Gasteiger partial charge in [-0.25, -0.2) is 9.69 Å². The maximum absolute atomic E-state index is 13.1. The topological polar surface area (TPSA) is 46.6 Å². The zero-order valence-electron chi connectivity index (χ0n) is 15.9. The van der Waals surface area contributed by atoms with Crippen molar-refractivity contribution in [3.05, 3.63) is 90.5 Å². The van der Waals surface area contributed by atoms with Crippen LogP contribution in [0.25, 0.3) is 6.08 Å². The van der Waals surface area contributed by atoms with Gasteiger partial charge in [0, 0.05) is 5.92 Å². The van der Waals surface area contributed by atoms with Crippen LogP contribution in [-0.4, -0.2) is 29.5 Å². The smallest absolute Gasteiger partial charge is 0.416 e. The predicted octanol–water partition coefficient (Wildman–Crippen LogP) is 4.87. The van der Waals surface area contributed by atoms with Gasteiger partial charge in [0.05, 0.1) is 6.04 Å². The number of cyclic esters (lactones) is 1. The maximum Gasteiger partial charge on any atom is 0.416 e. The zero-order chi connectivity index (χ0) is 19.8. The summed E-state index contributed by atoms with van der Waals surface area (Å²) in [6, 6.07) is 19.5. The van der Waals surface area contributed by atoms with Gasteiger partial charge in [-0.3, -0.25) is 4.79 Å². The van der Waals surface area contributed by atoms with Crippen LogP contribution in [0.5, 0.6) is 0 Å². The number of hydrogen-bond acceptors (Lipinski definition) is 3. The second-order valence-electron chi connectivity index (χ2n) is 6.90. The van der Waals surface area contributed by atoms with Crippen molar-refractivity contribution in [1.82, 2.24) is 4.90 Å². The number of imide groups is 1. The van der Waals surface area contributed by atoms with E-state index in [1.54, 1.807) is 6.08 Å². The van der Waals surface area contributed by atoms with Crippen molar-refractivity contribution in [2.24, 2.45) is 5.92 Å². The third kappa shape index (κ3) is 4.97. The molecule has 2 amide bonds. The van der Waals surface area contributed by atoms with Crippen LogP contribution >= 0.6 is 0 Å². The van der Waals surface area contributed by atoms with Gasteiger partial charge in [0.1, 0.15) is 6.61 Å². The summed E-state index contributed by atoms with van der Waals surface area (Å²) in [6.07, 6.45) is 6.81. The number of hydrogen-bond donors (Lipinski definition) is 0. The second-order valence-corrected chi connectivity index (χ2v) is 6.90. The molecule has 0 aromatic heterocycles. The average Bonchev–Trinajstić information content (AvgIpc) is 3.08. The molecule has 2 aromatic rings. The highest BCUT2D eigenvalue weighted by atomic mass is 16.6. The molecule has 2 unspecified atom stereocenters. The molecule has 4 heteroatoms. The lowest BCUT2D eigenvalue weighted by molar-refractivity contribution is -0.133. The van der Waals surface area contributed by atoms with Crippen molar-refractivity contribution in [3.8, 4) is 0 Å². The van der Waals surface area contributed by atoms with Crippen molar-refractivity contribution < 1.29 is 14.3 Å². The fourth-order valence-electron chi connectivity index (χ4n) is 3.40. The Balaban J connectivity index is 1.70. The molecule has 28 heavy (non-hydrogen) atoms. The van der Waals surface area contributed by atoms with E-state index in [1.165, 1.54) is 4.90 Å². The highest BCUT2D eigenvalue weighted by molar-refractivity contribution is 5.95. The summed E-state index contributed by atoms with van der Waals surface area (Å²) in [6.45, 7) is 4.01. The van der Waals surface area contributed by atoms with Crippen LogP contribution in [0.2, 0.25) is 0 Å². The van der Waals surface area contributed by atoms with E-state index in [0.717, 1.165) is 11.1 Å². The van der Waals surface area contributed by atoms with E-state index in [9.17, 15) is 9.59 Å². The van der Waals surface area contributed by atoms with Crippen molar-refractivity contribution in [2.45, 2.75) is 25.3 Å². The first-order valence-electron chi connectivity index (χ1n) is 9.55. The first-order valence-corrected chi connectivity index (χ1v) is 9.55. The van der Waals surface area contributed by atoms with Crippen molar-refractivity contribution in [3.63, 3.8) is 0 Å². The Hall–Kier alpha value is -3.14. The number of carbonyl (C=O) groups excluding carboxylic acids is 2. The average molecular weight is 375 g/mol. The maximum atomic E-state index is 13.1. The molecule has 2 atom stereocenters. The first kappa shape index (κ1) is 19.6. The summed E-state index contributed by atoms with van der Waals surface area (Å²) < 4.78 is 5.20. The first-order chi connectivity index (χ1) is 13.7. The fourth-order valence-corrected chi connectivity index (χ4v) is 3.40. The SMILES string of the molecule is C=CCC(C/C=C/c1ccccc1)C(=O)N1C(=O)OCC1Cc1ccccc1. The van der Waals surface area contributed by atoms with E-state index in [1.807, 2.05) is 72.8 Å². The normalized spacial score (nSPS) is 17.5. The molecular formula is C24H25NO3. The summed E-state index contributed by atoms with van der Waals surface area (Å²) in [5.41, 5.74) is 2.16. The van der Waals surface area contributed by atoms with Gasteiger partial charge in [0.15, 0.2) is 0 Å². The van der Waals surface area contributed by atoms with E-state index in [-0.39, 0.29) is 24.5 Å². The third-order valence-electron chi connectivity index (χ3n) is 4.84. The van der Waals surface area contributed by atoms with Crippen LogP contribution in [0.15, 0.2) is 79.4 Å². The number of benzene rings is 2. The zero-order valence-corrected chi connectivity index (χ0v) is 15.9. The second kappa shape index (κ2) is 9.70. The minimum absolute atomic E-state index is 0.193. The minimum Gasteiger partial charge on any atom is -0.447 e. The molecule has 0 aliphatic carbocycles. The van der Waals surface area contributed by atoms with E-state index in [0.29, 0.717) is 19.3 Å². The number of nitrogens with zero attached hydrogens (tertiary/aromatic N) is 1. The van der Waals surface area contributed by atoms with Gasteiger partial charge in [-0.1, -0.05) is 78.9 Å². The Morgan fingerprint density at radius 3 is 2.46 bits per heavy atom. The largest absolute Gasteiger partial charge is 0.447 e. The summed E-state index contributed by atoms with van der Waals surface area (Å²) in [7, 11) is 0. The van der Waals surface area contributed by atoms with Gasteiger partial charge in [-0.2, -0.15) is 0 Å². The molecule has 4 nitrogen and oxygen atoms in total. The molecule has 0 bridgehead atoms. The lowest BCUT2D eigenvalue weighted by atomic mass is 9.97. The van der Waals surface area contributed by atoms with Crippen LogP contribution in [0.4, 0.5) is 4.79 Å². The van der Waals surface area contributed by atoms with Gasteiger partial charge in [-0.05, 0) is 30.4 Å². The van der Waals surface area contributed by atoms with Crippen LogP contribution in [0, 0.1) is 5.92 Å². The van der Waals surface area contributed by atoms with E-state index >= 15 is 0 Å². The van der Waals surface area contributed by atoms with E-state index < -0.39 is 6.09 Å². The highest BCUT2D eigenvalue weighted by Crippen LogP contribution is 2.23. The van der Waals surface area contributed by atoms with Crippen molar-refractivity contribution in [1.29, 1.82) is 0 Å². The molecule has 2 aromatic carbocycles. The molecule has 0 radical (unpaired) electrons. The van der Waals surface area contributed by atoms with Gasteiger partial charge in [-0.15, -0.1) is 6.58 Å². The highest BCUT2D eigenvalue weighted by Gasteiger charge is 2.40. The monoisotopic (exact) mass is 375 g/mol. The Morgan fingerprint density at radius 1 is 1.11 bits per heavy atom. The van der Waals surface area contributed by atoms with Gasteiger partial charge in [0.2, 0.25) is 5.91 Å². The summed E-state index contributed by atoms with van der Waals surface area (Å²) in [4.78, 5) is 26.7. The molecule has 0 saturated carbocycles. The lowest BCUT2D eigenvalue weighted by Gasteiger charge is -2.24. The van der Waals surface area contributed by atoms with Crippen LogP contribution in [-0.2, 0) is 16.0 Å². The molecule has 0 N–H and O–H groups in total. The molecule has 1 heterocycles. The lowest BCUT2D eigenvalue weighted by Crippen LogP contribution is -2.43. The Labute approximate surface area is 166 Å². The molecule has 0 spiro atoms. The van der Waals surface area contributed by atoms with E-state index in [4.69, 9.17) is 4.74 Å². The molecule has 1 saturated heterocycles. The third-order valence-corrected chi connectivity index (χ3v) is 4.84. The Bertz CT molecular complexity index is 829. The summed E-state index contributed by atoms with van der Waals surface area (Å²) >= 11 is 0. The molecule has 144 valence electrons. The molecule has 1 fully saturated rings. The van der Waals surface area contributed by atoms with Gasteiger partial charge in [0.25, 0.3) is 0 Å². The minimum atomic E-state index is -0.549. The number of amides is 2. The molecule has 3 rings (SSSR count). The summed E-state index contributed by atoms with van der Waals surface area (Å²) in [5.74, 6) is -0.526. The van der Waals surface area contributed by atoms with Crippen LogP contribution in [0.1, 0.15) is 24.0 Å². The number of ether oxygens (including phenoxy) is 1. The quantitative estimate of drug-likeness (QED) is 0.618. The predicted molar refractivity (Wildman–Crippen MR) is 111 cm³/mol. The molecular weight excluding hydrogens is 350 g/mol. The standard InChI is InChI=1S/C24H25NO3/c1-2-10-21(16-9-15-19-11-5-3-6-12-19)23(26)25-22(18-28-24(25)27)17-20-13-7-4-8-14-20/h2-9,11-15,21-22H,1,10,16-18H2/b15-9+. The van der Waals surface area contributed by atoms with Crippen LogP contribution < -0.4 is 0 Å². The van der Waals surface area contributed by atoms with E-state index in [2.05, 4.69) is 6.58 Å². The van der Waals surface area contributed by atoms with Crippen molar-refractivity contribution in [2.75, 3.05) is 6.61 Å². The number of carbonyl (C=O) groups is 2. The van der Waals surface area contributed by atoms with Gasteiger partial charge >= 0.3 is 6.09 Å². The Kier molecular flexibility index (Phi) is 6.79. The fraction of sp³-hybridized carbons (Fsp3) is 0.250. The van der Waals surface area contributed by atoms with Crippen LogP contribution in [0.3, 0.4) is 0 Å². The number of allylic oxidation sites excluding steroid dienone is 2. The molecule has 1 aliphatic rings. The summed E-state index contributed by atoms with van der Waals surface area (Å²) in [5, 5.41) is 0. The van der Waals surface area contributed by atoms with Crippen molar-refractivity contribution >= 4 is 18.1 Å². The molecule has 1 aliphatic heterocycles. The Morgan fingerprint density at radius 2 is 1.79 bits per heavy atom.